The van der Waals surface area contributed by atoms with Crippen LogP contribution in [0.3, 0.4) is 0 Å². The van der Waals surface area contributed by atoms with Gasteiger partial charge in [-0.05, 0) is 42.5 Å². The Balaban J connectivity index is 1.35. The van der Waals surface area contributed by atoms with Crippen LogP contribution < -0.4 is 10.6 Å². The molecule has 0 bridgehead atoms. The zero-order valence-electron chi connectivity index (χ0n) is 15.7. The molecule has 2 aromatic heterocycles. The molecule has 0 aliphatic carbocycles. The summed E-state index contributed by atoms with van der Waals surface area (Å²) in [4.78, 5) is 29.3. The van der Waals surface area contributed by atoms with Crippen molar-refractivity contribution < 1.29 is 14.0 Å². The van der Waals surface area contributed by atoms with Crippen LogP contribution in [-0.2, 0) is 16.0 Å². The van der Waals surface area contributed by atoms with Crippen molar-refractivity contribution >= 4 is 57.0 Å². The van der Waals surface area contributed by atoms with E-state index in [1.54, 1.807) is 16.6 Å². The predicted octanol–water partition coefficient (Wildman–Crippen LogP) is 4.20. The number of aromatic nitrogens is 3. The number of nitrogens with one attached hydrogen (secondary N) is 2. The molecule has 0 radical (unpaired) electrons. The van der Waals surface area contributed by atoms with Crippen molar-refractivity contribution in [3.63, 3.8) is 0 Å². The Bertz CT molecular complexity index is 1270. The number of halogens is 3. The van der Waals surface area contributed by atoms with Gasteiger partial charge < -0.3 is 10.6 Å². The zero-order valence-corrected chi connectivity index (χ0v) is 18.1. The van der Waals surface area contributed by atoms with Crippen LogP contribution in [0.5, 0.6) is 0 Å². The number of thiazole rings is 1. The van der Waals surface area contributed by atoms with Crippen molar-refractivity contribution in [2.24, 2.45) is 0 Å². The number of rotatable bonds is 5. The minimum atomic E-state index is -0.871. The number of amides is 2. The number of fused-ring (bicyclic) bond motifs is 1. The standard InChI is InChI=1S/C20H14Cl2FN5O2S/c21-12-3-1-11(2-4-12)17-26-20-28(27-17)14(10-31-20)7-8-24-18(29)19(30)25-13-5-6-16(23)15(22)9-13/h1-6,9-10H,7-8H2,(H,24,29)(H,25,30). The summed E-state index contributed by atoms with van der Waals surface area (Å²) in [7, 11) is 0. The molecule has 2 aromatic carbocycles. The fourth-order valence-corrected chi connectivity index (χ4v) is 3.93. The molecular formula is C20H14Cl2FN5O2S. The Morgan fingerprint density at radius 1 is 1.10 bits per heavy atom. The van der Waals surface area contributed by atoms with Crippen LogP contribution in [0.25, 0.3) is 16.3 Å². The van der Waals surface area contributed by atoms with E-state index in [4.69, 9.17) is 23.2 Å². The summed E-state index contributed by atoms with van der Waals surface area (Å²) in [5, 5.41) is 11.8. The van der Waals surface area contributed by atoms with Crippen molar-refractivity contribution in [3.8, 4) is 11.4 Å². The monoisotopic (exact) mass is 477 g/mol. The van der Waals surface area contributed by atoms with Crippen molar-refractivity contribution in [2.75, 3.05) is 11.9 Å². The van der Waals surface area contributed by atoms with E-state index in [1.165, 1.54) is 23.5 Å². The number of carbonyl (C=O) groups is 2. The summed E-state index contributed by atoms with van der Waals surface area (Å²) in [6.07, 6.45) is 0.449. The summed E-state index contributed by atoms with van der Waals surface area (Å²) in [5.41, 5.74) is 1.92. The number of carbonyl (C=O) groups excluding carboxylic acids is 2. The van der Waals surface area contributed by atoms with E-state index in [-0.39, 0.29) is 17.3 Å². The molecule has 4 aromatic rings. The molecule has 4 rings (SSSR count). The van der Waals surface area contributed by atoms with E-state index < -0.39 is 17.6 Å². The molecular weight excluding hydrogens is 464 g/mol. The Morgan fingerprint density at radius 3 is 2.61 bits per heavy atom. The van der Waals surface area contributed by atoms with Crippen molar-refractivity contribution in [1.29, 1.82) is 0 Å². The second kappa shape index (κ2) is 9.01. The first-order chi connectivity index (χ1) is 14.9. The zero-order chi connectivity index (χ0) is 22.0. The van der Waals surface area contributed by atoms with Gasteiger partial charge in [0, 0.05) is 34.6 Å². The molecule has 0 fully saturated rings. The molecule has 0 aliphatic heterocycles. The lowest BCUT2D eigenvalue weighted by Gasteiger charge is -2.07. The molecule has 158 valence electrons. The lowest BCUT2D eigenvalue weighted by atomic mass is 10.2. The maximum absolute atomic E-state index is 13.2. The van der Waals surface area contributed by atoms with Gasteiger partial charge in [-0.25, -0.2) is 8.91 Å². The minimum absolute atomic E-state index is 0.148. The van der Waals surface area contributed by atoms with Crippen LogP contribution in [-0.4, -0.2) is 33.0 Å². The largest absolute Gasteiger partial charge is 0.347 e. The van der Waals surface area contributed by atoms with Crippen molar-refractivity contribution in [3.05, 3.63) is 69.4 Å². The SMILES string of the molecule is O=C(NCCc1csc2nc(-c3ccc(Cl)cc3)nn12)C(=O)Nc1ccc(F)c(Cl)c1. The highest BCUT2D eigenvalue weighted by atomic mass is 35.5. The van der Waals surface area contributed by atoms with Gasteiger partial charge in [-0.15, -0.1) is 16.4 Å². The Hall–Kier alpha value is -3.01. The first kappa shape index (κ1) is 21.2. The van der Waals surface area contributed by atoms with Gasteiger partial charge in [0.15, 0.2) is 5.82 Å². The Morgan fingerprint density at radius 2 is 1.87 bits per heavy atom. The smallest absolute Gasteiger partial charge is 0.313 e. The van der Waals surface area contributed by atoms with Crippen LogP contribution in [0, 0.1) is 5.82 Å². The number of hydrogen-bond acceptors (Lipinski definition) is 5. The molecule has 11 heteroatoms. The molecule has 2 heterocycles. The molecule has 31 heavy (non-hydrogen) atoms. The summed E-state index contributed by atoms with van der Waals surface area (Å²) >= 11 is 13.0. The van der Waals surface area contributed by atoms with E-state index >= 15 is 0 Å². The fraction of sp³-hybridized carbons (Fsp3) is 0.100. The van der Waals surface area contributed by atoms with E-state index in [0.29, 0.717) is 17.3 Å². The highest BCUT2D eigenvalue weighted by Crippen LogP contribution is 2.22. The van der Waals surface area contributed by atoms with Gasteiger partial charge in [0.2, 0.25) is 4.96 Å². The molecule has 7 nitrogen and oxygen atoms in total. The summed E-state index contributed by atoms with van der Waals surface area (Å²) in [6, 6.07) is 10.9. The van der Waals surface area contributed by atoms with Gasteiger partial charge in [-0.1, -0.05) is 23.2 Å². The third-order valence-electron chi connectivity index (χ3n) is 4.30. The van der Waals surface area contributed by atoms with E-state index in [0.717, 1.165) is 22.3 Å². The van der Waals surface area contributed by atoms with Crippen LogP contribution in [0.1, 0.15) is 5.69 Å². The summed E-state index contributed by atoms with van der Waals surface area (Å²) in [5.74, 6) is -1.72. The third kappa shape index (κ3) is 4.84. The molecule has 2 N–H and O–H groups in total. The number of anilines is 1. The summed E-state index contributed by atoms with van der Waals surface area (Å²) < 4.78 is 14.9. The van der Waals surface area contributed by atoms with Gasteiger partial charge in [0.25, 0.3) is 0 Å². The maximum atomic E-state index is 13.2. The van der Waals surface area contributed by atoms with Crippen molar-refractivity contribution in [1.82, 2.24) is 19.9 Å². The molecule has 0 atom stereocenters. The lowest BCUT2D eigenvalue weighted by Crippen LogP contribution is -2.36. The van der Waals surface area contributed by atoms with Crippen LogP contribution >= 0.6 is 34.5 Å². The quantitative estimate of drug-likeness (QED) is 0.421. The van der Waals surface area contributed by atoms with Crippen molar-refractivity contribution in [2.45, 2.75) is 6.42 Å². The molecule has 0 saturated carbocycles. The number of hydrogen-bond donors (Lipinski definition) is 2. The first-order valence-electron chi connectivity index (χ1n) is 9.04. The normalized spacial score (nSPS) is 10.9. The number of benzene rings is 2. The fourth-order valence-electron chi connectivity index (χ4n) is 2.76. The minimum Gasteiger partial charge on any atom is -0.347 e. The second-order valence-electron chi connectivity index (χ2n) is 6.45. The first-order valence-corrected chi connectivity index (χ1v) is 10.7. The Kier molecular flexibility index (Phi) is 6.17. The molecule has 0 aliphatic rings. The van der Waals surface area contributed by atoms with Crippen LogP contribution in [0.15, 0.2) is 47.8 Å². The van der Waals surface area contributed by atoms with Crippen LogP contribution in [0.2, 0.25) is 10.0 Å². The van der Waals surface area contributed by atoms with E-state index in [9.17, 15) is 14.0 Å². The van der Waals surface area contributed by atoms with E-state index in [2.05, 4.69) is 20.7 Å². The molecule has 0 spiro atoms. The molecule has 0 unspecified atom stereocenters. The highest BCUT2D eigenvalue weighted by molar-refractivity contribution is 7.15. The van der Waals surface area contributed by atoms with Gasteiger partial charge in [0.1, 0.15) is 5.82 Å². The topological polar surface area (TPSA) is 88.4 Å². The van der Waals surface area contributed by atoms with Gasteiger partial charge in [0.05, 0.1) is 10.7 Å². The average molecular weight is 478 g/mol. The highest BCUT2D eigenvalue weighted by Gasteiger charge is 2.15. The van der Waals surface area contributed by atoms with Gasteiger partial charge in [-0.3, -0.25) is 9.59 Å². The predicted molar refractivity (Wildman–Crippen MR) is 118 cm³/mol. The van der Waals surface area contributed by atoms with Crippen LogP contribution in [0.4, 0.5) is 10.1 Å². The third-order valence-corrected chi connectivity index (χ3v) is 5.71. The molecule has 2 amide bonds. The van der Waals surface area contributed by atoms with Gasteiger partial charge >= 0.3 is 11.8 Å². The number of nitrogens with zero attached hydrogens (tertiary/aromatic N) is 3. The second-order valence-corrected chi connectivity index (χ2v) is 8.13. The lowest BCUT2D eigenvalue weighted by molar-refractivity contribution is -0.136. The summed E-state index contributed by atoms with van der Waals surface area (Å²) in [6.45, 7) is 0.221. The average Bonchev–Trinajstić information content (AvgIpc) is 3.33. The van der Waals surface area contributed by atoms with Gasteiger partial charge in [-0.2, -0.15) is 4.98 Å². The van der Waals surface area contributed by atoms with E-state index in [1.807, 2.05) is 17.5 Å². The maximum Gasteiger partial charge on any atom is 0.313 e. The molecule has 0 saturated heterocycles. The Labute approximate surface area is 189 Å².